The fourth-order valence-corrected chi connectivity index (χ4v) is 3.58. The first kappa shape index (κ1) is 16.9. The minimum absolute atomic E-state index is 0.0716. The van der Waals surface area contributed by atoms with Crippen LogP contribution in [0.2, 0.25) is 0 Å². The van der Waals surface area contributed by atoms with E-state index in [1.165, 1.54) is 44.4 Å². The molecule has 0 N–H and O–H groups in total. The van der Waals surface area contributed by atoms with Gasteiger partial charge in [-0.3, -0.25) is 0 Å². The lowest BCUT2D eigenvalue weighted by atomic mass is 9.71. The molecule has 2 aromatic rings. The van der Waals surface area contributed by atoms with Crippen LogP contribution in [0.15, 0.2) is 36.4 Å². The van der Waals surface area contributed by atoms with Crippen molar-refractivity contribution in [2.24, 2.45) is 5.41 Å². The Hall–Kier alpha value is -1.90. The molecule has 0 atom stereocenters. The van der Waals surface area contributed by atoms with Crippen LogP contribution in [0.5, 0.6) is 5.75 Å². The lowest BCUT2D eigenvalue weighted by Crippen LogP contribution is -2.20. The number of halogens is 2. The summed E-state index contributed by atoms with van der Waals surface area (Å²) < 4.78 is 32.9. The number of hydrogen-bond acceptors (Lipinski definition) is 1. The summed E-state index contributed by atoms with van der Waals surface area (Å²) in [5, 5.41) is 0. The first-order chi connectivity index (χ1) is 11.4. The van der Waals surface area contributed by atoms with E-state index >= 15 is 0 Å². The van der Waals surface area contributed by atoms with Crippen molar-refractivity contribution in [3.05, 3.63) is 53.6 Å². The van der Waals surface area contributed by atoms with E-state index < -0.39 is 11.6 Å². The van der Waals surface area contributed by atoms with Gasteiger partial charge >= 0.3 is 0 Å². The first-order valence-electron chi connectivity index (χ1n) is 8.53. The Kier molecular flexibility index (Phi) is 4.62. The van der Waals surface area contributed by atoms with Crippen molar-refractivity contribution in [2.75, 3.05) is 7.11 Å². The summed E-state index contributed by atoms with van der Waals surface area (Å²) in [6, 6.07) is 10.9. The van der Waals surface area contributed by atoms with Crippen molar-refractivity contribution in [1.29, 1.82) is 0 Å². The average Bonchev–Trinajstić information content (AvgIpc) is 2.58. The van der Waals surface area contributed by atoms with Gasteiger partial charge in [-0.15, -0.1) is 0 Å². The quantitative estimate of drug-likeness (QED) is 0.639. The molecule has 0 spiro atoms. The molecule has 2 aromatic carbocycles. The van der Waals surface area contributed by atoms with Gasteiger partial charge in [-0.1, -0.05) is 38.1 Å². The molecule has 0 heterocycles. The van der Waals surface area contributed by atoms with Gasteiger partial charge in [0.05, 0.1) is 7.11 Å². The third kappa shape index (κ3) is 3.31. The van der Waals surface area contributed by atoms with Gasteiger partial charge in [-0.05, 0) is 60.3 Å². The van der Waals surface area contributed by atoms with E-state index in [-0.39, 0.29) is 11.3 Å². The molecule has 24 heavy (non-hydrogen) atoms. The zero-order valence-electron chi connectivity index (χ0n) is 14.5. The second-order valence-electron chi connectivity index (χ2n) is 7.50. The minimum atomic E-state index is -0.936. The van der Waals surface area contributed by atoms with E-state index in [4.69, 9.17) is 4.74 Å². The van der Waals surface area contributed by atoms with Gasteiger partial charge in [-0.25, -0.2) is 4.39 Å². The van der Waals surface area contributed by atoms with E-state index in [0.717, 1.165) is 0 Å². The summed E-state index contributed by atoms with van der Waals surface area (Å²) in [6.45, 7) is 4.65. The largest absolute Gasteiger partial charge is 0.494 e. The highest BCUT2D eigenvalue weighted by molar-refractivity contribution is 5.65. The molecule has 0 amide bonds. The van der Waals surface area contributed by atoms with E-state index in [1.54, 1.807) is 6.07 Å². The average molecular weight is 330 g/mol. The topological polar surface area (TPSA) is 9.23 Å². The fourth-order valence-electron chi connectivity index (χ4n) is 3.58. The van der Waals surface area contributed by atoms with Crippen LogP contribution in [0, 0.1) is 17.0 Å². The van der Waals surface area contributed by atoms with E-state index in [9.17, 15) is 8.78 Å². The zero-order valence-corrected chi connectivity index (χ0v) is 14.5. The summed E-state index contributed by atoms with van der Waals surface area (Å²) in [4.78, 5) is 0. The third-order valence-corrected chi connectivity index (χ3v) is 5.30. The second kappa shape index (κ2) is 6.54. The fraction of sp³-hybridized carbons (Fsp3) is 0.429. The minimum Gasteiger partial charge on any atom is -0.494 e. The van der Waals surface area contributed by atoms with Crippen molar-refractivity contribution in [1.82, 2.24) is 0 Å². The maximum Gasteiger partial charge on any atom is 0.201 e. The summed E-state index contributed by atoms with van der Waals surface area (Å²) >= 11 is 0. The molecular formula is C21H24F2O. The van der Waals surface area contributed by atoms with Gasteiger partial charge in [-0.2, -0.15) is 4.39 Å². The molecule has 1 saturated carbocycles. The predicted octanol–water partition coefficient (Wildman–Crippen LogP) is 6.32. The summed E-state index contributed by atoms with van der Waals surface area (Å²) in [5.74, 6) is -1.29. The smallest absolute Gasteiger partial charge is 0.201 e. The van der Waals surface area contributed by atoms with Crippen molar-refractivity contribution in [2.45, 2.75) is 45.4 Å². The molecule has 1 aliphatic rings. The third-order valence-electron chi connectivity index (χ3n) is 5.30. The van der Waals surface area contributed by atoms with Gasteiger partial charge in [0.25, 0.3) is 0 Å². The molecule has 0 aliphatic heterocycles. The molecule has 1 fully saturated rings. The monoisotopic (exact) mass is 330 g/mol. The first-order valence-corrected chi connectivity index (χ1v) is 8.53. The van der Waals surface area contributed by atoms with Crippen molar-refractivity contribution in [3.8, 4) is 16.9 Å². The summed E-state index contributed by atoms with van der Waals surface area (Å²) in [5.41, 5.74) is 2.70. The molecule has 128 valence electrons. The Morgan fingerprint density at radius 3 is 2.12 bits per heavy atom. The van der Waals surface area contributed by atoms with Gasteiger partial charge < -0.3 is 4.74 Å². The Labute approximate surface area is 142 Å². The highest BCUT2D eigenvalue weighted by atomic mass is 19.2. The predicted molar refractivity (Wildman–Crippen MR) is 93.3 cm³/mol. The lowest BCUT2D eigenvalue weighted by Gasteiger charge is -2.34. The van der Waals surface area contributed by atoms with Crippen molar-refractivity contribution in [3.63, 3.8) is 0 Å². The Balaban J connectivity index is 1.82. The highest BCUT2D eigenvalue weighted by Gasteiger charge is 2.27. The molecule has 0 bridgehead atoms. The van der Waals surface area contributed by atoms with E-state index in [2.05, 4.69) is 26.0 Å². The summed E-state index contributed by atoms with van der Waals surface area (Å²) in [6.07, 6.45) is 4.85. The molecule has 1 aliphatic carbocycles. The second-order valence-corrected chi connectivity index (χ2v) is 7.50. The van der Waals surface area contributed by atoms with Crippen molar-refractivity contribution < 1.29 is 13.5 Å². The van der Waals surface area contributed by atoms with Crippen LogP contribution in [0.1, 0.15) is 51.0 Å². The number of hydrogen-bond donors (Lipinski definition) is 0. The number of methoxy groups -OCH3 is 1. The van der Waals surface area contributed by atoms with E-state index in [0.29, 0.717) is 16.9 Å². The molecule has 3 rings (SSSR count). The molecule has 0 unspecified atom stereocenters. The Morgan fingerprint density at radius 2 is 1.54 bits per heavy atom. The highest BCUT2D eigenvalue weighted by Crippen LogP contribution is 2.42. The normalized spacial score (nSPS) is 17.7. The van der Waals surface area contributed by atoms with Gasteiger partial charge in [0, 0.05) is 5.56 Å². The lowest BCUT2D eigenvalue weighted by molar-refractivity contribution is 0.224. The molecular weight excluding hydrogens is 306 g/mol. The SMILES string of the molecule is COc1ccc(-c2ccc(C3CCC(C)(C)CC3)cc2)c(F)c1F. The summed E-state index contributed by atoms with van der Waals surface area (Å²) in [7, 11) is 1.33. The van der Waals surface area contributed by atoms with Gasteiger partial charge in [0.15, 0.2) is 11.6 Å². The molecule has 3 heteroatoms. The zero-order chi connectivity index (χ0) is 17.3. The maximum absolute atomic E-state index is 14.2. The van der Waals surface area contributed by atoms with Crippen LogP contribution >= 0.6 is 0 Å². The standard InChI is InChI=1S/C21H24F2O/c1-21(2)12-10-15(11-13-21)14-4-6-16(7-5-14)17-8-9-18(24-3)20(23)19(17)22/h4-9,15H,10-13H2,1-3H3. The Morgan fingerprint density at radius 1 is 0.917 bits per heavy atom. The van der Waals surface area contributed by atoms with Crippen LogP contribution in [-0.2, 0) is 0 Å². The van der Waals surface area contributed by atoms with Crippen LogP contribution < -0.4 is 4.74 Å². The van der Waals surface area contributed by atoms with Crippen LogP contribution in [0.25, 0.3) is 11.1 Å². The number of benzene rings is 2. The Bertz CT molecular complexity index is 709. The van der Waals surface area contributed by atoms with Crippen LogP contribution in [0.4, 0.5) is 8.78 Å². The van der Waals surface area contributed by atoms with E-state index in [1.807, 2.05) is 12.1 Å². The molecule has 0 aromatic heterocycles. The molecule has 0 radical (unpaired) electrons. The van der Waals surface area contributed by atoms with Crippen molar-refractivity contribution >= 4 is 0 Å². The molecule has 1 nitrogen and oxygen atoms in total. The van der Waals surface area contributed by atoms with Crippen LogP contribution in [0.3, 0.4) is 0 Å². The van der Waals surface area contributed by atoms with Gasteiger partial charge in [0.2, 0.25) is 5.82 Å². The van der Waals surface area contributed by atoms with Crippen LogP contribution in [-0.4, -0.2) is 7.11 Å². The maximum atomic E-state index is 14.2. The van der Waals surface area contributed by atoms with Gasteiger partial charge in [0.1, 0.15) is 0 Å². The number of ether oxygens (including phenoxy) is 1. The molecule has 0 saturated heterocycles. The number of rotatable bonds is 3.